The summed E-state index contributed by atoms with van der Waals surface area (Å²) in [4.78, 5) is 22.8. The van der Waals surface area contributed by atoms with Gasteiger partial charge < -0.3 is 14.9 Å². The molecule has 5 heteroatoms. The standard InChI is InChI=1S/C19H34O5/c1-3-4-5-6-7-10-13-16(20)19(23)17(21)14-11-8-9-12-15-18(22)24-2/h7,10,16,19-20,23H,3-6,8-9,11-15H2,1-2H3/b10-7-/t16-,19-/m0/s1. The van der Waals surface area contributed by atoms with Crippen LogP contribution in [-0.2, 0) is 14.3 Å². The predicted molar refractivity (Wildman–Crippen MR) is 94.6 cm³/mol. The largest absolute Gasteiger partial charge is 0.469 e. The number of aliphatic hydroxyl groups excluding tert-OH is 2. The first-order valence-electron chi connectivity index (χ1n) is 9.13. The fourth-order valence-electron chi connectivity index (χ4n) is 2.38. The predicted octanol–water partition coefficient (Wildman–Crippen LogP) is 3.32. The van der Waals surface area contributed by atoms with E-state index in [9.17, 15) is 19.8 Å². The topological polar surface area (TPSA) is 83.8 Å². The second kappa shape index (κ2) is 15.3. The quantitative estimate of drug-likeness (QED) is 0.271. The number of esters is 1. The molecule has 0 aromatic carbocycles. The number of hydrogen-bond acceptors (Lipinski definition) is 5. The number of allylic oxidation sites excluding steroid dienone is 1. The summed E-state index contributed by atoms with van der Waals surface area (Å²) in [6.07, 6.45) is 10.00. The van der Waals surface area contributed by atoms with Crippen molar-refractivity contribution in [2.45, 2.75) is 89.8 Å². The Kier molecular flexibility index (Phi) is 14.6. The van der Waals surface area contributed by atoms with E-state index in [1.165, 1.54) is 20.0 Å². The number of unbranched alkanes of at least 4 members (excludes halogenated alkanes) is 6. The third-order valence-electron chi connectivity index (χ3n) is 3.99. The molecule has 0 rings (SSSR count). The summed E-state index contributed by atoms with van der Waals surface area (Å²) in [5, 5.41) is 19.7. The Balaban J connectivity index is 3.75. The highest BCUT2D eigenvalue weighted by Crippen LogP contribution is 2.10. The second-order valence-corrected chi connectivity index (χ2v) is 6.17. The zero-order chi connectivity index (χ0) is 18.2. The van der Waals surface area contributed by atoms with E-state index < -0.39 is 12.2 Å². The van der Waals surface area contributed by atoms with Gasteiger partial charge in [-0.15, -0.1) is 0 Å². The molecule has 0 fully saturated rings. The van der Waals surface area contributed by atoms with Gasteiger partial charge in [0.15, 0.2) is 5.78 Å². The molecule has 0 aliphatic heterocycles. The maximum atomic E-state index is 11.8. The van der Waals surface area contributed by atoms with Crippen molar-refractivity contribution in [3.8, 4) is 0 Å². The Labute approximate surface area is 146 Å². The molecule has 0 amide bonds. The van der Waals surface area contributed by atoms with Crippen molar-refractivity contribution < 1.29 is 24.5 Å². The van der Waals surface area contributed by atoms with Gasteiger partial charge in [-0.25, -0.2) is 0 Å². The lowest BCUT2D eigenvalue weighted by Gasteiger charge is -2.15. The molecular formula is C19H34O5. The molecule has 5 nitrogen and oxygen atoms in total. The first-order valence-corrected chi connectivity index (χ1v) is 9.13. The fraction of sp³-hybridized carbons (Fsp3) is 0.789. The van der Waals surface area contributed by atoms with E-state index >= 15 is 0 Å². The van der Waals surface area contributed by atoms with Crippen LogP contribution in [-0.4, -0.2) is 41.3 Å². The van der Waals surface area contributed by atoms with Crippen LogP contribution < -0.4 is 0 Å². The van der Waals surface area contributed by atoms with Crippen molar-refractivity contribution in [1.29, 1.82) is 0 Å². The minimum absolute atomic E-state index is 0.215. The summed E-state index contributed by atoms with van der Waals surface area (Å²) in [5.74, 6) is -0.526. The number of carbonyl (C=O) groups is 2. The van der Waals surface area contributed by atoms with Gasteiger partial charge in [-0.1, -0.05) is 44.8 Å². The highest BCUT2D eigenvalue weighted by molar-refractivity contribution is 5.83. The molecule has 0 aliphatic carbocycles. The molecule has 2 N–H and O–H groups in total. The maximum absolute atomic E-state index is 11.8. The Bertz CT molecular complexity index is 365. The minimum atomic E-state index is -1.31. The van der Waals surface area contributed by atoms with Crippen LogP contribution in [0.3, 0.4) is 0 Å². The number of rotatable bonds is 15. The summed E-state index contributed by atoms with van der Waals surface area (Å²) >= 11 is 0. The molecule has 0 saturated heterocycles. The van der Waals surface area contributed by atoms with Crippen LogP contribution in [0.1, 0.15) is 77.6 Å². The zero-order valence-corrected chi connectivity index (χ0v) is 15.2. The highest BCUT2D eigenvalue weighted by Gasteiger charge is 2.22. The maximum Gasteiger partial charge on any atom is 0.305 e. The molecule has 0 spiro atoms. The number of aliphatic hydroxyl groups is 2. The summed E-state index contributed by atoms with van der Waals surface area (Å²) in [6, 6.07) is 0. The van der Waals surface area contributed by atoms with Gasteiger partial charge in [0.2, 0.25) is 0 Å². The van der Waals surface area contributed by atoms with E-state index in [-0.39, 0.29) is 18.2 Å². The number of Topliss-reactive ketones (excluding diaryl/α,β-unsaturated/α-hetero) is 1. The number of hydrogen-bond donors (Lipinski definition) is 2. The molecule has 0 radical (unpaired) electrons. The monoisotopic (exact) mass is 342 g/mol. The third kappa shape index (κ3) is 12.3. The number of ketones is 1. The molecule has 0 aromatic rings. The number of ether oxygens (including phenoxy) is 1. The Morgan fingerprint density at radius 1 is 0.958 bits per heavy atom. The first-order chi connectivity index (χ1) is 11.5. The zero-order valence-electron chi connectivity index (χ0n) is 15.2. The van der Waals surface area contributed by atoms with E-state index in [4.69, 9.17) is 0 Å². The van der Waals surface area contributed by atoms with Gasteiger partial charge in [0.05, 0.1) is 13.2 Å². The van der Waals surface area contributed by atoms with E-state index in [1.54, 1.807) is 0 Å². The lowest BCUT2D eigenvalue weighted by atomic mass is 10.0. The van der Waals surface area contributed by atoms with Crippen molar-refractivity contribution in [3.63, 3.8) is 0 Å². The Hall–Kier alpha value is -1.20. The van der Waals surface area contributed by atoms with Crippen LogP contribution in [0.4, 0.5) is 0 Å². The van der Waals surface area contributed by atoms with Gasteiger partial charge in [-0.2, -0.15) is 0 Å². The summed E-state index contributed by atoms with van der Waals surface area (Å²) < 4.78 is 4.55. The van der Waals surface area contributed by atoms with Crippen LogP contribution in [0, 0.1) is 0 Å². The minimum Gasteiger partial charge on any atom is -0.469 e. The van der Waals surface area contributed by atoms with Gasteiger partial charge in [0, 0.05) is 12.8 Å². The van der Waals surface area contributed by atoms with Crippen molar-refractivity contribution >= 4 is 11.8 Å². The summed E-state index contributed by atoms with van der Waals surface area (Å²) in [5.41, 5.74) is 0. The van der Waals surface area contributed by atoms with E-state index in [0.29, 0.717) is 19.3 Å². The van der Waals surface area contributed by atoms with Crippen molar-refractivity contribution in [2.75, 3.05) is 7.11 Å². The van der Waals surface area contributed by atoms with Crippen LogP contribution in [0.15, 0.2) is 12.2 Å². The molecule has 0 saturated carbocycles. The summed E-state index contributed by atoms with van der Waals surface area (Å²) in [6.45, 7) is 2.15. The lowest BCUT2D eigenvalue weighted by molar-refractivity contribution is -0.140. The molecule has 0 aliphatic rings. The van der Waals surface area contributed by atoms with Crippen LogP contribution in [0.5, 0.6) is 0 Å². The van der Waals surface area contributed by atoms with Crippen LogP contribution >= 0.6 is 0 Å². The van der Waals surface area contributed by atoms with Crippen molar-refractivity contribution in [1.82, 2.24) is 0 Å². The smallest absolute Gasteiger partial charge is 0.305 e. The van der Waals surface area contributed by atoms with Crippen LogP contribution in [0.2, 0.25) is 0 Å². The number of carbonyl (C=O) groups excluding carboxylic acids is 2. The molecule has 24 heavy (non-hydrogen) atoms. The lowest BCUT2D eigenvalue weighted by Crippen LogP contribution is -2.33. The van der Waals surface area contributed by atoms with Gasteiger partial charge in [-0.3, -0.25) is 9.59 Å². The average Bonchev–Trinajstić information content (AvgIpc) is 2.59. The highest BCUT2D eigenvalue weighted by atomic mass is 16.5. The molecule has 0 heterocycles. The van der Waals surface area contributed by atoms with Gasteiger partial charge >= 0.3 is 5.97 Å². The van der Waals surface area contributed by atoms with Crippen molar-refractivity contribution in [2.24, 2.45) is 0 Å². The summed E-state index contributed by atoms with van der Waals surface area (Å²) in [7, 11) is 1.37. The number of methoxy groups -OCH3 is 1. The van der Waals surface area contributed by atoms with Gasteiger partial charge in [-0.05, 0) is 32.1 Å². The Morgan fingerprint density at radius 2 is 1.62 bits per heavy atom. The molecule has 0 aromatic heterocycles. The SMILES string of the molecule is CCCCC/C=C\C[C@H](O)[C@H](O)C(=O)CCCCCCC(=O)OC. The Morgan fingerprint density at radius 3 is 2.25 bits per heavy atom. The molecule has 2 atom stereocenters. The van der Waals surface area contributed by atoms with E-state index in [0.717, 1.165) is 32.1 Å². The van der Waals surface area contributed by atoms with Gasteiger partial charge in [0.25, 0.3) is 0 Å². The van der Waals surface area contributed by atoms with Crippen molar-refractivity contribution in [3.05, 3.63) is 12.2 Å². The van der Waals surface area contributed by atoms with E-state index in [2.05, 4.69) is 11.7 Å². The average molecular weight is 342 g/mol. The molecular weight excluding hydrogens is 308 g/mol. The molecule has 0 unspecified atom stereocenters. The second-order valence-electron chi connectivity index (χ2n) is 6.17. The first kappa shape index (κ1) is 22.8. The van der Waals surface area contributed by atoms with Crippen LogP contribution in [0.25, 0.3) is 0 Å². The third-order valence-corrected chi connectivity index (χ3v) is 3.99. The molecule has 0 bridgehead atoms. The normalized spacial score (nSPS) is 13.8. The molecule has 140 valence electrons. The fourth-order valence-corrected chi connectivity index (χ4v) is 2.38. The van der Waals surface area contributed by atoms with Gasteiger partial charge in [0.1, 0.15) is 6.10 Å². The van der Waals surface area contributed by atoms with E-state index in [1.807, 2.05) is 12.2 Å².